The first-order chi connectivity index (χ1) is 6.66. The van der Waals surface area contributed by atoms with Gasteiger partial charge in [0.1, 0.15) is 0 Å². The van der Waals surface area contributed by atoms with Crippen molar-refractivity contribution in [2.45, 2.75) is 19.0 Å². The Balaban J connectivity index is 2.02. The minimum absolute atomic E-state index is 0.0376. The number of hydrogen-bond acceptors (Lipinski definition) is 3. The summed E-state index contributed by atoms with van der Waals surface area (Å²) in [5.74, 6) is 0.0376. The molecule has 1 amide bonds. The van der Waals surface area contributed by atoms with Gasteiger partial charge in [0.2, 0.25) is 5.91 Å². The second kappa shape index (κ2) is 3.42. The lowest BCUT2D eigenvalue weighted by Gasteiger charge is -2.13. The maximum Gasteiger partial charge on any atom is 0.239 e. The highest BCUT2D eigenvalue weighted by atomic mass is 16.2. The summed E-state index contributed by atoms with van der Waals surface area (Å²) in [6.45, 7) is 1.32. The van der Waals surface area contributed by atoms with E-state index in [1.54, 1.807) is 9.58 Å². The third kappa shape index (κ3) is 1.63. The molecule has 1 aliphatic heterocycles. The van der Waals surface area contributed by atoms with E-state index in [-0.39, 0.29) is 11.9 Å². The molecule has 5 heteroatoms. The molecule has 1 aromatic rings. The monoisotopic (exact) mass is 194 g/mol. The van der Waals surface area contributed by atoms with E-state index in [9.17, 15) is 4.79 Å². The summed E-state index contributed by atoms with van der Waals surface area (Å²) in [7, 11) is 1.86. The largest absolute Gasteiger partial charge is 0.335 e. The molecule has 2 rings (SSSR count). The van der Waals surface area contributed by atoms with Crippen molar-refractivity contribution in [3.8, 4) is 0 Å². The van der Waals surface area contributed by atoms with Crippen LogP contribution in [0.4, 0.5) is 0 Å². The Hall–Kier alpha value is -1.36. The highest BCUT2D eigenvalue weighted by Gasteiger charge is 2.28. The minimum atomic E-state index is -0.307. The average Bonchev–Trinajstić information content (AvgIpc) is 2.67. The van der Waals surface area contributed by atoms with Crippen LogP contribution < -0.4 is 5.73 Å². The molecule has 76 valence electrons. The van der Waals surface area contributed by atoms with Crippen LogP contribution in [0.3, 0.4) is 0 Å². The van der Waals surface area contributed by atoms with Crippen molar-refractivity contribution in [1.29, 1.82) is 0 Å². The summed E-state index contributed by atoms with van der Waals surface area (Å²) in [6, 6.07) is 1.61. The molecule has 1 saturated heterocycles. The lowest BCUT2D eigenvalue weighted by atomic mass is 10.3. The van der Waals surface area contributed by atoms with Crippen molar-refractivity contribution in [2.75, 3.05) is 6.54 Å². The number of rotatable bonds is 2. The van der Waals surface area contributed by atoms with E-state index in [1.807, 2.05) is 19.3 Å². The lowest BCUT2D eigenvalue weighted by molar-refractivity contribution is -0.129. The number of carbonyl (C=O) groups is 1. The van der Waals surface area contributed by atoms with Gasteiger partial charge in [-0.2, -0.15) is 5.10 Å². The van der Waals surface area contributed by atoms with Crippen molar-refractivity contribution in [1.82, 2.24) is 14.7 Å². The number of carbonyl (C=O) groups excluding carboxylic acids is 1. The molecule has 0 aromatic carbocycles. The summed E-state index contributed by atoms with van der Waals surface area (Å²) in [5.41, 5.74) is 6.52. The van der Waals surface area contributed by atoms with Crippen molar-refractivity contribution < 1.29 is 4.79 Å². The SMILES string of the molecule is Cn1ccc(CN2CCC(N)C2=O)n1. The van der Waals surface area contributed by atoms with Gasteiger partial charge in [-0.15, -0.1) is 0 Å². The normalized spacial score (nSPS) is 22.0. The first-order valence-electron chi connectivity index (χ1n) is 4.70. The van der Waals surface area contributed by atoms with Crippen LogP contribution in [0.25, 0.3) is 0 Å². The Bertz CT molecular complexity index is 346. The van der Waals surface area contributed by atoms with E-state index >= 15 is 0 Å². The topological polar surface area (TPSA) is 64.2 Å². The number of aryl methyl sites for hydroxylation is 1. The van der Waals surface area contributed by atoms with E-state index in [0.717, 1.165) is 18.7 Å². The zero-order valence-corrected chi connectivity index (χ0v) is 8.18. The number of nitrogens with zero attached hydrogens (tertiary/aromatic N) is 3. The molecule has 1 unspecified atom stereocenters. The van der Waals surface area contributed by atoms with Gasteiger partial charge < -0.3 is 10.6 Å². The lowest BCUT2D eigenvalue weighted by Crippen LogP contribution is -2.33. The summed E-state index contributed by atoms with van der Waals surface area (Å²) < 4.78 is 1.73. The van der Waals surface area contributed by atoms with Crippen molar-refractivity contribution in [2.24, 2.45) is 12.8 Å². The second-order valence-corrected chi connectivity index (χ2v) is 3.64. The van der Waals surface area contributed by atoms with Gasteiger partial charge in [0.25, 0.3) is 0 Å². The Morgan fingerprint density at radius 3 is 3.00 bits per heavy atom. The molecule has 14 heavy (non-hydrogen) atoms. The van der Waals surface area contributed by atoms with Crippen LogP contribution in [-0.4, -0.2) is 33.2 Å². The molecule has 0 aliphatic carbocycles. The summed E-state index contributed by atoms with van der Waals surface area (Å²) in [6.07, 6.45) is 2.63. The van der Waals surface area contributed by atoms with Crippen LogP contribution in [-0.2, 0) is 18.4 Å². The van der Waals surface area contributed by atoms with Gasteiger partial charge in [0.05, 0.1) is 18.3 Å². The Kier molecular flexibility index (Phi) is 2.25. The number of nitrogens with two attached hydrogens (primary N) is 1. The molecular weight excluding hydrogens is 180 g/mol. The predicted molar refractivity (Wildman–Crippen MR) is 51.2 cm³/mol. The number of likely N-dealkylation sites (tertiary alicyclic amines) is 1. The van der Waals surface area contributed by atoms with Crippen LogP contribution >= 0.6 is 0 Å². The average molecular weight is 194 g/mol. The van der Waals surface area contributed by atoms with Crippen molar-refractivity contribution in [3.63, 3.8) is 0 Å². The molecule has 0 bridgehead atoms. The molecule has 1 aliphatic rings. The summed E-state index contributed by atoms with van der Waals surface area (Å²) in [4.78, 5) is 13.2. The number of aromatic nitrogens is 2. The standard InChI is InChI=1S/C9H14N4O/c1-12-4-2-7(11-12)6-13-5-3-8(10)9(13)14/h2,4,8H,3,5-6,10H2,1H3. The van der Waals surface area contributed by atoms with Gasteiger partial charge in [-0.1, -0.05) is 0 Å². The van der Waals surface area contributed by atoms with Gasteiger partial charge in [-0.05, 0) is 12.5 Å². The first kappa shape index (κ1) is 9.21. The molecule has 1 aromatic heterocycles. The molecule has 5 nitrogen and oxygen atoms in total. The van der Waals surface area contributed by atoms with Crippen LogP contribution in [0, 0.1) is 0 Å². The van der Waals surface area contributed by atoms with Gasteiger partial charge in [0, 0.05) is 19.8 Å². The summed E-state index contributed by atoms with van der Waals surface area (Å²) in [5, 5.41) is 4.22. The molecular formula is C9H14N4O. The highest BCUT2D eigenvalue weighted by Crippen LogP contribution is 2.12. The number of amides is 1. The van der Waals surface area contributed by atoms with Crippen LogP contribution in [0.2, 0.25) is 0 Å². The number of hydrogen-bond donors (Lipinski definition) is 1. The van der Waals surface area contributed by atoms with Gasteiger partial charge in [-0.3, -0.25) is 9.48 Å². The van der Waals surface area contributed by atoms with Crippen LogP contribution in [0.1, 0.15) is 12.1 Å². The van der Waals surface area contributed by atoms with E-state index < -0.39 is 0 Å². The second-order valence-electron chi connectivity index (χ2n) is 3.64. The molecule has 0 saturated carbocycles. The molecule has 2 heterocycles. The fourth-order valence-electron chi connectivity index (χ4n) is 1.66. The third-order valence-corrected chi connectivity index (χ3v) is 2.46. The Morgan fingerprint density at radius 1 is 1.71 bits per heavy atom. The minimum Gasteiger partial charge on any atom is -0.335 e. The van der Waals surface area contributed by atoms with Gasteiger partial charge in [-0.25, -0.2) is 0 Å². The van der Waals surface area contributed by atoms with Gasteiger partial charge in [0.15, 0.2) is 0 Å². The van der Waals surface area contributed by atoms with Crippen molar-refractivity contribution >= 4 is 5.91 Å². The molecule has 0 radical (unpaired) electrons. The molecule has 1 fully saturated rings. The maximum absolute atomic E-state index is 11.5. The zero-order chi connectivity index (χ0) is 10.1. The Labute approximate surface area is 82.5 Å². The molecule has 0 spiro atoms. The predicted octanol–water partition coefficient (Wildman–Crippen LogP) is -0.520. The maximum atomic E-state index is 11.5. The highest BCUT2D eigenvalue weighted by molar-refractivity contribution is 5.83. The van der Waals surface area contributed by atoms with E-state index in [2.05, 4.69) is 5.10 Å². The van der Waals surface area contributed by atoms with E-state index in [0.29, 0.717) is 6.54 Å². The fraction of sp³-hybridized carbons (Fsp3) is 0.556. The fourth-order valence-corrected chi connectivity index (χ4v) is 1.66. The molecule has 2 N–H and O–H groups in total. The quantitative estimate of drug-likeness (QED) is 0.689. The van der Waals surface area contributed by atoms with E-state index in [4.69, 9.17) is 5.73 Å². The van der Waals surface area contributed by atoms with Crippen molar-refractivity contribution in [3.05, 3.63) is 18.0 Å². The third-order valence-electron chi connectivity index (χ3n) is 2.46. The smallest absolute Gasteiger partial charge is 0.239 e. The zero-order valence-electron chi connectivity index (χ0n) is 8.18. The molecule has 1 atom stereocenters. The van der Waals surface area contributed by atoms with Crippen LogP contribution in [0.15, 0.2) is 12.3 Å². The van der Waals surface area contributed by atoms with E-state index in [1.165, 1.54) is 0 Å². The van der Waals surface area contributed by atoms with Crippen LogP contribution in [0.5, 0.6) is 0 Å². The Morgan fingerprint density at radius 2 is 2.50 bits per heavy atom. The van der Waals surface area contributed by atoms with Gasteiger partial charge >= 0.3 is 0 Å². The first-order valence-corrected chi connectivity index (χ1v) is 4.70. The summed E-state index contributed by atoms with van der Waals surface area (Å²) >= 11 is 0.